The lowest BCUT2D eigenvalue weighted by atomic mass is 9.96. The number of likely N-dealkylation sites (tertiary alicyclic amines) is 1. The smallest absolute Gasteiger partial charge is 0.272 e. The molecule has 7 nitrogen and oxygen atoms in total. The Balaban J connectivity index is 1.71. The van der Waals surface area contributed by atoms with Crippen molar-refractivity contribution in [3.8, 4) is 0 Å². The zero-order valence-corrected chi connectivity index (χ0v) is 14.3. The summed E-state index contributed by atoms with van der Waals surface area (Å²) in [7, 11) is 0. The highest BCUT2D eigenvalue weighted by molar-refractivity contribution is 5.79. The number of aromatic nitrogens is 2. The van der Waals surface area contributed by atoms with Gasteiger partial charge in [-0.1, -0.05) is 12.1 Å². The van der Waals surface area contributed by atoms with Crippen molar-refractivity contribution in [1.82, 2.24) is 14.5 Å². The molecule has 2 amide bonds. The minimum Gasteiger partial charge on any atom is -0.369 e. The number of para-hydroxylation sites is 2. The van der Waals surface area contributed by atoms with E-state index in [9.17, 15) is 14.4 Å². The molecule has 1 aliphatic rings. The van der Waals surface area contributed by atoms with Crippen LogP contribution in [0.2, 0.25) is 0 Å². The second-order valence-electron chi connectivity index (χ2n) is 6.45. The summed E-state index contributed by atoms with van der Waals surface area (Å²) in [6.07, 6.45) is 1.46. The number of rotatable bonds is 4. The molecule has 2 N–H and O–H groups in total. The van der Waals surface area contributed by atoms with Crippen molar-refractivity contribution in [1.29, 1.82) is 0 Å². The monoisotopic (exact) mass is 342 g/mol. The van der Waals surface area contributed by atoms with Crippen molar-refractivity contribution in [2.24, 2.45) is 11.7 Å². The first-order valence-corrected chi connectivity index (χ1v) is 8.50. The molecule has 0 radical (unpaired) electrons. The minimum atomic E-state index is -0.294. The lowest BCUT2D eigenvalue weighted by Crippen LogP contribution is -2.42. The molecule has 0 atom stereocenters. The van der Waals surface area contributed by atoms with Crippen LogP contribution in [0.1, 0.15) is 25.0 Å². The lowest BCUT2D eigenvalue weighted by molar-refractivity contribution is -0.135. The molecule has 1 fully saturated rings. The van der Waals surface area contributed by atoms with Gasteiger partial charge in [-0.15, -0.1) is 0 Å². The molecule has 0 bridgehead atoms. The van der Waals surface area contributed by atoms with E-state index >= 15 is 0 Å². The van der Waals surface area contributed by atoms with E-state index in [1.165, 1.54) is 0 Å². The average molecular weight is 342 g/mol. The largest absolute Gasteiger partial charge is 0.369 e. The van der Waals surface area contributed by atoms with E-state index in [0.29, 0.717) is 38.2 Å². The maximum Gasteiger partial charge on any atom is 0.272 e. The van der Waals surface area contributed by atoms with Gasteiger partial charge in [-0.25, -0.2) is 4.98 Å². The highest BCUT2D eigenvalue weighted by atomic mass is 16.2. The Hall–Kier alpha value is -2.70. The van der Waals surface area contributed by atoms with Gasteiger partial charge in [0.15, 0.2) is 0 Å². The number of aryl methyl sites for hydroxylation is 2. The molecule has 132 valence electrons. The van der Waals surface area contributed by atoms with Gasteiger partial charge in [0, 0.05) is 32.0 Å². The van der Waals surface area contributed by atoms with Gasteiger partial charge < -0.3 is 15.2 Å². The molecule has 0 unspecified atom stereocenters. The van der Waals surface area contributed by atoms with Crippen LogP contribution in [0, 0.1) is 12.8 Å². The Kier molecular flexibility index (Phi) is 4.83. The van der Waals surface area contributed by atoms with Crippen LogP contribution in [0.25, 0.3) is 11.0 Å². The first kappa shape index (κ1) is 17.1. The number of carbonyl (C=O) groups is 2. The van der Waals surface area contributed by atoms with E-state index in [1.807, 2.05) is 24.3 Å². The van der Waals surface area contributed by atoms with E-state index < -0.39 is 0 Å². The second-order valence-corrected chi connectivity index (χ2v) is 6.45. The highest BCUT2D eigenvalue weighted by Gasteiger charge is 2.25. The Morgan fingerprint density at radius 1 is 1.24 bits per heavy atom. The number of carbonyl (C=O) groups excluding carboxylic acids is 2. The molecular formula is C18H22N4O3. The van der Waals surface area contributed by atoms with Crippen molar-refractivity contribution < 1.29 is 9.59 Å². The fourth-order valence-electron chi connectivity index (χ4n) is 3.32. The van der Waals surface area contributed by atoms with E-state index in [-0.39, 0.29) is 29.7 Å². The predicted molar refractivity (Wildman–Crippen MR) is 93.9 cm³/mol. The van der Waals surface area contributed by atoms with E-state index in [0.717, 1.165) is 11.0 Å². The zero-order valence-electron chi connectivity index (χ0n) is 14.3. The summed E-state index contributed by atoms with van der Waals surface area (Å²) in [4.78, 5) is 42.1. The standard InChI is InChI=1S/C18H22N4O3/c1-12-18(25)22(15-5-3-2-4-14(15)20-12)11-8-16(23)21-9-6-13(7-10-21)17(19)24/h2-5,13H,6-11H2,1H3,(H2,19,24). The molecule has 3 rings (SSSR count). The number of nitrogens with two attached hydrogens (primary N) is 1. The van der Waals surface area contributed by atoms with Gasteiger partial charge in [-0.2, -0.15) is 0 Å². The molecular weight excluding hydrogens is 320 g/mol. The summed E-state index contributed by atoms with van der Waals surface area (Å²) in [5.41, 5.74) is 7.06. The van der Waals surface area contributed by atoms with Gasteiger partial charge in [-0.3, -0.25) is 14.4 Å². The van der Waals surface area contributed by atoms with E-state index in [2.05, 4.69) is 4.98 Å². The zero-order chi connectivity index (χ0) is 18.0. The summed E-state index contributed by atoms with van der Waals surface area (Å²) in [6, 6.07) is 7.42. The number of nitrogens with zero attached hydrogens (tertiary/aromatic N) is 3. The second kappa shape index (κ2) is 7.04. The molecule has 0 spiro atoms. The van der Waals surface area contributed by atoms with Crippen LogP contribution in [-0.2, 0) is 16.1 Å². The quantitative estimate of drug-likeness (QED) is 0.889. The molecule has 25 heavy (non-hydrogen) atoms. The van der Waals surface area contributed by atoms with Gasteiger partial charge in [0.1, 0.15) is 5.69 Å². The van der Waals surface area contributed by atoms with E-state index in [1.54, 1.807) is 16.4 Å². The third-order valence-corrected chi connectivity index (χ3v) is 4.81. The molecule has 1 saturated heterocycles. The SMILES string of the molecule is Cc1nc2ccccc2n(CCC(=O)N2CCC(C(N)=O)CC2)c1=O. The third-order valence-electron chi connectivity index (χ3n) is 4.81. The Morgan fingerprint density at radius 3 is 2.60 bits per heavy atom. The number of fused-ring (bicyclic) bond motifs is 1. The Bertz CT molecular complexity index is 866. The third kappa shape index (κ3) is 3.55. The molecule has 1 aliphatic heterocycles. The molecule has 0 saturated carbocycles. The molecule has 0 aliphatic carbocycles. The van der Waals surface area contributed by atoms with Crippen molar-refractivity contribution in [3.63, 3.8) is 0 Å². The van der Waals surface area contributed by atoms with Crippen LogP contribution in [0.3, 0.4) is 0 Å². The fourth-order valence-corrected chi connectivity index (χ4v) is 3.32. The fraction of sp³-hybridized carbons (Fsp3) is 0.444. The number of hydrogen-bond acceptors (Lipinski definition) is 4. The van der Waals surface area contributed by atoms with Crippen LogP contribution in [0.15, 0.2) is 29.1 Å². The summed E-state index contributed by atoms with van der Waals surface area (Å²) in [5.74, 6) is -0.441. The first-order valence-electron chi connectivity index (χ1n) is 8.50. The van der Waals surface area contributed by atoms with Gasteiger partial charge in [0.05, 0.1) is 11.0 Å². The van der Waals surface area contributed by atoms with Crippen LogP contribution in [0.5, 0.6) is 0 Å². The van der Waals surface area contributed by atoms with Crippen molar-refractivity contribution in [2.45, 2.75) is 32.7 Å². The maximum absolute atomic E-state index is 12.5. The van der Waals surface area contributed by atoms with Crippen LogP contribution in [-0.4, -0.2) is 39.4 Å². The van der Waals surface area contributed by atoms with Crippen molar-refractivity contribution in [3.05, 3.63) is 40.3 Å². The first-order chi connectivity index (χ1) is 12.0. The summed E-state index contributed by atoms with van der Waals surface area (Å²) < 4.78 is 1.62. The number of amides is 2. The number of hydrogen-bond donors (Lipinski definition) is 1. The van der Waals surface area contributed by atoms with Gasteiger partial charge in [0.25, 0.3) is 5.56 Å². The lowest BCUT2D eigenvalue weighted by Gasteiger charge is -2.30. The normalized spacial score (nSPS) is 15.5. The van der Waals surface area contributed by atoms with Crippen LogP contribution in [0.4, 0.5) is 0 Å². The molecule has 2 heterocycles. The van der Waals surface area contributed by atoms with Gasteiger partial charge in [0.2, 0.25) is 11.8 Å². The van der Waals surface area contributed by atoms with Gasteiger partial charge >= 0.3 is 0 Å². The maximum atomic E-state index is 12.5. The summed E-state index contributed by atoms with van der Waals surface area (Å²) >= 11 is 0. The average Bonchev–Trinajstić information content (AvgIpc) is 2.62. The van der Waals surface area contributed by atoms with E-state index in [4.69, 9.17) is 5.73 Å². The molecule has 2 aromatic rings. The predicted octanol–water partition coefficient (Wildman–Crippen LogP) is 0.819. The Morgan fingerprint density at radius 2 is 1.92 bits per heavy atom. The van der Waals surface area contributed by atoms with Gasteiger partial charge in [-0.05, 0) is 31.9 Å². The molecule has 7 heteroatoms. The van der Waals surface area contributed by atoms with Crippen LogP contribution < -0.4 is 11.3 Å². The Labute approximate surface area is 145 Å². The summed E-state index contributed by atoms with van der Waals surface area (Å²) in [5, 5.41) is 0. The number of primary amides is 1. The molecule has 1 aromatic carbocycles. The highest BCUT2D eigenvalue weighted by Crippen LogP contribution is 2.17. The number of benzene rings is 1. The summed E-state index contributed by atoms with van der Waals surface area (Å²) in [6.45, 7) is 3.08. The van der Waals surface area contributed by atoms with Crippen molar-refractivity contribution in [2.75, 3.05) is 13.1 Å². The topological polar surface area (TPSA) is 98.3 Å². The van der Waals surface area contributed by atoms with Crippen LogP contribution >= 0.6 is 0 Å². The minimum absolute atomic E-state index is 0.00614. The number of piperidine rings is 1. The van der Waals surface area contributed by atoms with Crippen molar-refractivity contribution >= 4 is 22.8 Å². The molecule has 1 aromatic heterocycles.